The van der Waals surface area contributed by atoms with E-state index in [0.29, 0.717) is 69.5 Å². The average Bonchev–Trinajstić information content (AvgIpc) is 3.72. The van der Waals surface area contributed by atoms with E-state index in [0.717, 1.165) is 54.7 Å². The molecule has 2 saturated heterocycles. The molecule has 4 fully saturated rings. The number of ether oxygens (including phenoxy) is 2. The zero-order chi connectivity index (χ0) is 29.2. The van der Waals surface area contributed by atoms with Crippen LogP contribution in [0.1, 0.15) is 47.0 Å². The van der Waals surface area contributed by atoms with Crippen molar-refractivity contribution in [2.75, 3.05) is 31.2 Å². The van der Waals surface area contributed by atoms with Crippen molar-refractivity contribution in [2.24, 2.45) is 17.8 Å². The summed E-state index contributed by atoms with van der Waals surface area (Å²) in [6, 6.07) is 7.50. The fourth-order valence-electron chi connectivity index (χ4n) is 6.58. The van der Waals surface area contributed by atoms with E-state index in [1.807, 2.05) is 12.1 Å². The van der Waals surface area contributed by atoms with Crippen LogP contribution < -0.4 is 9.64 Å². The maximum absolute atomic E-state index is 11.7. The lowest BCUT2D eigenvalue weighted by atomic mass is 10.0. The Hall–Kier alpha value is -3.66. The van der Waals surface area contributed by atoms with Crippen LogP contribution in [0.25, 0.3) is 28.2 Å². The quantitative estimate of drug-likeness (QED) is 0.230. The summed E-state index contributed by atoms with van der Waals surface area (Å²) in [4.78, 5) is 22.5. The number of fused-ring (bicyclic) bond motifs is 2. The van der Waals surface area contributed by atoms with Gasteiger partial charge < -0.3 is 24.0 Å². The summed E-state index contributed by atoms with van der Waals surface area (Å²) < 4.78 is 17.5. The van der Waals surface area contributed by atoms with Gasteiger partial charge in [-0.25, -0.2) is 9.78 Å². The average molecular weight is 620 g/mol. The summed E-state index contributed by atoms with van der Waals surface area (Å²) in [6.07, 6.45) is 10.5. The molecule has 2 aliphatic heterocycles. The maximum atomic E-state index is 11.7. The van der Waals surface area contributed by atoms with Crippen LogP contribution in [0.5, 0.6) is 5.75 Å². The number of anilines is 1. The first-order valence-corrected chi connectivity index (χ1v) is 15.3. The highest BCUT2D eigenvalue weighted by atomic mass is 35.5. The Labute approximate surface area is 257 Å². The molecule has 4 aliphatic rings. The minimum atomic E-state index is -1.08. The molecule has 11 heteroatoms. The SMILES string of the molecule is O=C(O)c1cc(O[C@H]2CCOC2)c2cc(N3CC4C(/C=C/c5c(-c6c(Cl)cncc6Cl)noc5C5CC5)C4C3)ccc2n1. The fourth-order valence-corrected chi connectivity index (χ4v) is 7.12. The monoisotopic (exact) mass is 618 g/mol. The molecule has 0 amide bonds. The molecular weight excluding hydrogens is 591 g/mol. The van der Waals surface area contributed by atoms with Gasteiger partial charge in [0.1, 0.15) is 23.3 Å². The lowest BCUT2D eigenvalue weighted by Crippen LogP contribution is -2.23. The highest BCUT2D eigenvalue weighted by Gasteiger charge is 2.54. The van der Waals surface area contributed by atoms with Crippen LogP contribution in [0.2, 0.25) is 10.0 Å². The molecule has 4 aromatic rings. The summed E-state index contributed by atoms with van der Waals surface area (Å²) in [5, 5.41) is 15.7. The Morgan fingerprint density at radius 3 is 2.58 bits per heavy atom. The third-order valence-electron chi connectivity index (χ3n) is 9.06. The van der Waals surface area contributed by atoms with Crippen LogP contribution in [-0.2, 0) is 4.74 Å². The van der Waals surface area contributed by atoms with E-state index >= 15 is 0 Å². The molecule has 43 heavy (non-hydrogen) atoms. The Bertz CT molecular complexity index is 1750. The second kappa shape index (κ2) is 10.5. The summed E-state index contributed by atoms with van der Waals surface area (Å²) in [5.41, 5.74) is 3.94. The number of piperidine rings is 1. The minimum Gasteiger partial charge on any atom is -0.487 e. The number of carboxylic acid groups (broad SMARTS) is 1. The summed E-state index contributed by atoms with van der Waals surface area (Å²) in [7, 11) is 0. The molecule has 1 aromatic carbocycles. The topological polar surface area (TPSA) is 111 Å². The number of allylic oxidation sites excluding steroid dienone is 1. The molecule has 2 aliphatic carbocycles. The number of halogens is 2. The number of carboxylic acids is 1. The molecule has 0 spiro atoms. The molecule has 2 unspecified atom stereocenters. The number of nitrogens with zero attached hydrogens (tertiary/aromatic N) is 4. The van der Waals surface area contributed by atoms with Crippen LogP contribution in [0.3, 0.4) is 0 Å². The van der Waals surface area contributed by atoms with Gasteiger partial charge in [-0.15, -0.1) is 0 Å². The number of carbonyl (C=O) groups is 1. The van der Waals surface area contributed by atoms with Crippen molar-refractivity contribution in [3.05, 3.63) is 69.8 Å². The van der Waals surface area contributed by atoms with Gasteiger partial charge in [0.15, 0.2) is 5.69 Å². The zero-order valence-corrected chi connectivity index (χ0v) is 24.6. The second-order valence-electron chi connectivity index (χ2n) is 11.8. The van der Waals surface area contributed by atoms with Gasteiger partial charge in [0, 0.05) is 66.1 Å². The van der Waals surface area contributed by atoms with Crippen LogP contribution in [0.4, 0.5) is 5.69 Å². The lowest BCUT2D eigenvalue weighted by molar-refractivity contribution is 0.0690. The molecule has 9 nitrogen and oxygen atoms in total. The molecule has 1 N–H and O–H groups in total. The van der Waals surface area contributed by atoms with Crippen LogP contribution in [-0.4, -0.2) is 58.6 Å². The first kappa shape index (κ1) is 26.9. The van der Waals surface area contributed by atoms with Gasteiger partial charge in [-0.1, -0.05) is 40.5 Å². The third-order valence-corrected chi connectivity index (χ3v) is 9.63. The Morgan fingerprint density at radius 2 is 1.88 bits per heavy atom. The van der Waals surface area contributed by atoms with Gasteiger partial charge in [0.05, 0.1) is 28.8 Å². The number of aromatic nitrogens is 3. The van der Waals surface area contributed by atoms with Crippen molar-refractivity contribution in [2.45, 2.75) is 31.3 Å². The summed E-state index contributed by atoms with van der Waals surface area (Å²) >= 11 is 13.0. The Kier molecular flexibility index (Phi) is 6.58. The largest absolute Gasteiger partial charge is 0.487 e. The second-order valence-corrected chi connectivity index (χ2v) is 12.7. The van der Waals surface area contributed by atoms with Crippen molar-refractivity contribution in [3.8, 4) is 17.0 Å². The van der Waals surface area contributed by atoms with Gasteiger partial charge >= 0.3 is 5.97 Å². The van der Waals surface area contributed by atoms with Gasteiger partial charge in [-0.2, -0.15) is 0 Å². The highest BCUT2D eigenvalue weighted by Crippen LogP contribution is 2.54. The van der Waals surface area contributed by atoms with E-state index in [-0.39, 0.29) is 11.8 Å². The van der Waals surface area contributed by atoms with Crippen LogP contribution in [0.15, 0.2) is 47.3 Å². The van der Waals surface area contributed by atoms with Crippen LogP contribution >= 0.6 is 23.2 Å². The molecule has 3 aromatic heterocycles. The number of pyridine rings is 2. The number of benzene rings is 1. The lowest BCUT2D eigenvalue weighted by Gasteiger charge is -2.23. The molecule has 3 atom stereocenters. The molecule has 0 radical (unpaired) electrons. The summed E-state index contributed by atoms with van der Waals surface area (Å²) in [5.74, 6) is 2.32. The molecule has 0 bridgehead atoms. The van der Waals surface area contributed by atoms with E-state index in [1.54, 1.807) is 12.4 Å². The first-order chi connectivity index (χ1) is 20.9. The van der Waals surface area contributed by atoms with Crippen molar-refractivity contribution in [1.82, 2.24) is 15.1 Å². The van der Waals surface area contributed by atoms with E-state index in [1.165, 1.54) is 6.07 Å². The molecule has 8 rings (SSSR count). The molecule has 5 heterocycles. The standard InChI is InChI=1S/C32H28Cl2N4O5/c33-24-11-35-12-25(34)29(24)30-20(31(43-37-30)16-1-2-16)5-4-19-22-13-38(14-23(19)22)17-3-6-26-21(9-17)28(10-27(36-26)32(39)40)42-18-7-8-41-15-18/h3-6,9-12,16,18-19,22-23H,1-2,7-8,13-15H2,(H,39,40)/b5-4+/t18-,19?,22?,23?/m0/s1. The maximum Gasteiger partial charge on any atom is 0.354 e. The predicted octanol–water partition coefficient (Wildman–Crippen LogP) is 6.73. The minimum absolute atomic E-state index is 0.0273. The van der Waals surface area contributed by atoms with Gasteiger partial charge in [0.2, 0.25) is 0 Å². The predicted molar refractivity (Wildman–Crippen MR) is 162 cm³/mol. The normalized spacial score (nSPS) is 24.7. The van der Waals surface area contributed by atoms with E-state index in [2.05, 4.69) is 38.2 Å². The van der Waals surface area contributed by atoms with Gasteiger partial charge in [0.25, 0.3) is 0 Å². The smallest absolute Gasteiger partial charge is 0.354 e. The number of aromatic carboxylic acids is 1. The summed E-state index contributed by atoms with van der Waals surface area (Å²) in [6.45, 7) is 3.01. The van der Waals surface area contributed by atoms with Gasteiger partial charge in [-0.05, 0) is 48.8 Å². The van der Waals surface area contributed by atoms with E-state index in [4.69, 9.17) is 37.2 Å². The number of hydrogen-bond donors (Lipinski definition) is 1. The Morgan fingerprint density at radius 1 is 1.09 bits per heavy atom. The van der Waals surface area contributed by atoms with E-state index in [9.17, 15) is 9.90 Å². The van der Waals surface area contributed by atoms with Crippen molar-refractivity contribution >= 4 is 51.8 Å². The Balaban J connectivity index is 1.02. The first-order valence-electron chi connectivity index (χ1n) is 14.6. The molecule has 220 valence electrons. The van der Waals surface area contributed by atoms with Gasteiger partial charge in [-0.3, -0.25) is 4.98 Å². The van der Waals surface area contributed by atoms with Crippen molar-refractivity contribution < 1.29 is 23.9 Å². The van der Waals surface area contributed by atoms with E-state index < -0.39 is 5.97 Å². The zero-order valence-electron chi connectivity index (χ0n) is 23.1. The molecular formula is C32H28Cl2N4O5. The highest BCUT2D eigenvalue weighted by molar-refractivity contribution is 6.39. The van der Waals surface area contributed by atoms with Crippen LogP contribution in [0, 0.1) is 17.8 Å². The number of rotatable bonds is 8. The van der Waals surface area contributed by atoms with Crippen molar-refractivity contribution in [1.29, 1.82) is 0 Å². The number of hydrogen-bond acceptors (Lipinski definition) is 8. The van der Waals surface area contributed by atoms with Crippen molar-refractivity contribution in [3.63, 3.8) is 0 Å². The fraction of sp³-hybridized carbons (Fsp3) is 0.375. The molecule has 2 saturated carbocycles. The third kappa shape index (κ3) is 4.93.